The zero-order chi connectivity index (χ0) is 14.1. The third-order valence-electron chi connectivity index (χ3n) is 3.14. The summed E-state index contributed by atoms with van der Waals surface area (Å²) in [5.41, 5.74) is 2.79. The van der Waals surface area contributed by atoms with Crippen LogP contribution in [-0.2, 0) is 18.8 Å². The molecule has 0 fully saturated rings. The molecule has 0 N–H and O–H groups in total. The standard InChI is InChI=1S/C14H13Cl2N3S/c1-9-2-4-11-14(17-9)19(13(8-15)18-11)7-6-10-3-5-12(16)20-10/h2-5H,6-8H2,1H3. The molecule has 0 aliphatic rings. The number of rotatable bonds is 4. The highest BCUT2D eigenvalue weighted by Crippen LogP contribution is 2.23. The van der Waals surface area contributed by atoms with E-state index in [4.69, 9.17) is 23.2 Å². The van der Waals surface area contributed by atoms with Crippen molar-refractivity contribution >= 4 is 45.7 Å². The summed E-state index contributed by atoms with van der Waals surface area (Å²) >= 11 is 13.6. The molecule has 0 unspecified atom stereocenters. The Labute approximate surface area is 131 Å². The molecule has 0 amide bonds. The van der Waals surface area contributed by atoms with Crippen molar-refractivity contribution in [3.05, 3.63) is 45.0 Å². The number of fused-ring (bicyclic) bond motifs is 1. The Morgan fingerprint density at radius 3 is 2.75 bits per heavy atom. The molecule has 0 radical (unpaired) electrons. The molecule has 20 heavy (non-hydrogen) atoms. The Balaban J connectivity index is 1.94. The molecule has 0 atom stereocenters. The van der Waals surface area contributed by atoms with E-state index < -0.39 is 0 Å². The second-order valence-electron chi connectivity index (χ2n) is 4.56. The minimum atomic E-state index is 0.389. The Bertz CT molecular complexity index is 748. The van der Waals surface area contributed by atoms with Gasteiger partial charge >= 0.3 is 0 Å². The molecule has 3 heterocycles. The predicted molar refractivity (Wildman–Crippen MR) is 84.9 cm³/mol. The SMILES string of the molecule is Cc1ccc2nc(CCl)n(CCc3ccc(Cl)s3)c2n1. The van der Waals surface area contributed by atoms with E-state index in [1.807, 2.05) is 25.1 Å². The summed E-state index contributed by atoms with van der Waals surface area (Å²) in [6.45, 7) is 2.79. The lowest BCUT2D eigenvalue weighted by Gasteiger charge is -2.06. The molecule has 104 valence electrons. The topological polar surface area (TPSA) is 30.7 Å². The van der Waals surface area contributed by atoms with E-state index in [2.05, 4.69) is 20.6 Å². The van der Waals surface area contributed by atoms with Crippen LogP contribution in [0.2, 0.25) is 4.34 Å². The van der Waals surface area contributed by atoms with Gasteiger partial charge in [-0.1, -0.05) is 11.6 Å². The summed E-state index contributed by atoms with van der Waals surface area (Å²) in [5.74, 6) is 1.25. The quantitative estimate of drug-likeness (QED) is 0.664. The lowest BCUT2D eigenvalue weighted by atomic mass is 10.3. The van der Waals surface area contributed by atoms with Gasteiger partial charge in [0, 0.05) is 17.1 Å². The lowest BCUT2D eigenvalue weighted by molar-refractivity contribution is 0.687. The first-order valence-electron chi connectivity index (χ1n) is 6.30. The van der Waals surface area contributed by atoms with Crippen molar-refractivity contribution in [2.75, 3.05) is 0 Å². The van der Waals surface area contributed by atoms with E-state index in [1.165, 1.54) is 4.88 Å². The van der Waals surface area contributed by atoms with Gasteiger partial charge in [-0.2, -0.15) is 0 Å². The third-order valence-corrected chi connectivity index (χ3v) is 4.67. The molecule has 6 heteroatoms. The van der Waals surface area contributed by atoms with Gasteiger partial charge in [0.25, 0.3) is 0 Å². The summed E-state index contributed by atoms with van der Waals surface area (Å²) in [7, 11) is 0. The van der Waals surface area contributed by atoms with Crippen LogP contribution < -0.4 is 0 Å². The van der Waals surface area contributed by atoms with Crippen LogP contribution in [0.5, 0.6) is 0 Å². The van der Waals surface area contributed by atoms with Crippen molar-refractivity contribution in [2.45, 2.75) is 25.8 Å². The summed E-state index contributed by atoms with van der Waals surface area (Å²) in [6.07, 6.45) is 0.905. The van der Waals surface area contributed by atoms with Crippen LogP contribution in [0, 0.1) is 6.92 Å². The largest absolute Gasteiger partial charge is 0.311 e. The van der Waals surface area contributed by atoms with Gasteiger partial charge in [-0.3, -0.25) is 0 Å². The normalized spacial score (nSPS) is 11.3. The van der Waals surface area contributed by atoms with Gasteiger partial charge in [-0.05, 0) is 37.6 Å². The number of aryl methyl sites for hydroxylation is 3. The van der Waals surface area contributed by atoms with Gasteiger partial charge in [-0.25, -0.2) is 9.97 Å². The number of imidazole rings is 1. The van der Waals surface area contributed by atoms with Gasteiger partial charge in [0.15, 0.2) is 5.65 Å². The molecular weight excluding hydrogens is 313 g/mol. The number of hydrogen-bond donors (Lipinski definition) is 0. The third kappa shape index (κ3) is 2.68. The van der Waals surface area contributed by atoms with Crippen molar-refractivity contribution < 1.29 is 0 Å². The van der Waals surface area contributed by atoms with Crippen molar-refractivity contribution in [1.29, 1.82) is 0 Å². The fraction of sp³-hybridized carbons (Fsp3) is 0.286. The molecular formula is C14H13Cl2N3S. The molecule has 0 spiro atoms. The second-order valence-corrected chi connectivity index (χ2v) is 6.63. The molecule has 0 saturated heterocycles. The maximum absolute atomic E-state index is 6.00. The highest BCUT2D eigenvalue weighted by molar-refractivity contribution is 7.16. The van der Waals surface area contributed by atoms with Crippen molar-refractivity contribution in [2.24, 2.45) is 0 Å². The van der Waals surface area contributed by atoms with Crippen LogP contribution >= 0.6 is 34.5 Å². The zero-order valence-electron chi connectivity index (χ0n) is 10.9. The number of alkyl halides is 1. The number of nitrogens with zero attached hydrogens (tertiary/aromatic N) is 3. The molecule has 3 rings (SSSR count). The fourth-order valence-electron chi connectivity index (χ4n) is 2.19. The van der Waals surface area contributed by atoms with Gasteiger partial charge in [-0.15, -0.1) is 22.9 Å². The summed E-state index contributed by atoms with van der Waals surface area (Å²) in [5, 5.41) is 0. The first-order chi connectivity index (χ1) is 9.67. The van der Waals surface area contributed by atoms with Crippen molar-refractivity contribution in [1.82, 2.24) is 14.5 Å². The van der Waals surface area contributed by atoms with E-state index in [0.717, 1.165) is 40.0 Å². The van der Waals surface area contributed by atoms with E-state index in [1.54, 1.807) is 11.3 Å². The summed E-state index contributed by atoms with van der Waals surface area (Å²) < 4.78 is 2.92. The van der Waals surface area contributed by atoms with E-state index in [9.17, 15) is 0 Å². The molecule has 0 saturated carbocycles. The average molecular weight is 326 g/mol. The number of halogens is 2. The lowest BCUT2D eigenvalue weighted by Crippen LogP contribution is -2.05. The number of aromatic nitrogens is 3. The smallest absolute Gasteiger partial charge is 0.160 e. The van der Waals surface area contributed by atoms with E-state index in [0.29, 0.717) is 5.88 Å². The molecule has 3 aromatic rings. The summed E-state index contributed by atoms with van der Waals surface area (Å²) in [4.78, 5) is 10.4. The average Bonchev–Trinajstić information content (AvgIpc) is 2.99. The molecule has 3 nitrogen and oxygen atoms in total. The molecule has 0 bridgehead atoms. The Morgan fingerprint density at radius 1 is 1.20 bits per heavy atom. The summed E-state index contributed by atoms with van der Waals surface area (Å²) in [6, 6.07) is 7.95. The fourth-order valence-corrected chi connectivity index (χ4v) is 3.47. The van der Waals surface area contributed by atoms with Crippen LogP contribution in [0.15, 0.2) is 24.3 Å². The molecule has 0 aliphatic carbocycles. The minimum absolute atomic E-state index is 0.389. The molecule has 0 aliphatic heterocycles. The monoisotopic (exact) mass is 325 g/mol. The molecule has 3 aromatic heterocycles. The van der Waals surface area contributed by atoms with Crippen LogP contribution in [0.4, 0.5) is 0 Å². The van der Waals surface area contributed by atoms with Crippen molar-refractivity contribution in [3.63, 3.8) is 0 Å². The van der Waals surface area contributed by atoms with E-state index in [-0.39, 0.29) is 0 Å². The van der Waals surface area contributed by atoms with E-state index >= 15 is 0 Å². The number of hydrogen-bond acceptors (Lipinski definition) is 3. The van der Waals surface area contributed by atoms with Crippen molar-refractivity contribution in [3.8, 4) is 0 Å². The number of thiophene rings is 1. The first-order valence-corrected chi connectivity index (χ1v) is 8.03. The Kier molecular flexibility index (Phi) is 3.96. The zero-order valence-corrected chi connectivity index (χ0v) is 13.3. The minimum Gasteiger partial charge on any atom is -0.311 e. The second kappa shape index (κ2) is 5.72. The number of pyridine rings is 1. The van der Waals surface area contributed by atoms with Gasteiger partial charge < -0.3 is 4.57 Å². The van der Waals surface area contributed by atoms with Gasteiger partial charge in [0.2, 0.25) is 0 Å². The maximum Gasteiger partial charge on any atom is 0.160 e. The Morgan fingerprint density at radius 2 is 2.05 bits per heavy atom. The van der Waals surface area contributed by atoms with Crippen LogP contribution in [0.1, 0.15) is 16.4 Å². The first kappa shape index (κ1) is 13.9. The van der Waals surface area contributed by atoms with Crippen LogP contribution in [0.25, 0.3) is 11.2 Å². The highest BCUT2D eigenvalue weighted by Gasteiger charge is 2.11. The van der Waals surface area contributed by atoms with Crippen LogP contribution in [0.3, 0.4) is 0 Å². The predicted octanol–water partition coefficient (Wildman–Crippen LogP) is 4.44. The highest BCUT2D eigenvalue weighted by atomic mass is 35.5. The van der Waals surface area contributed by atoms with Gasteiger partial charge in [0.1, 0.15) is 11.3 Å². The maximum atomic E-state index is 6.00. The molecule has 0 aromatic carbocycles. The van der Waals surface area contributed by atoms with Gasteiger partial charge in [0.05, 0.1) is 10.2 Å². The Hall–Kier alpha value is -1.10. The van der Waals surface area contributed by atoms with Crippen LogP contribution in [-0.4, -0.2) is 14.5 Å².